The second kappa shape index (κ2) is 9.46. The van der Waals surface area contributed by atoms with Crippen LogP contribution in [0.2, 0.25) is 0 Å². The van der Waals surface area contributed by atoms with E-state index in [9.17, 15) is 10.1 Å². The molecule has 0 fully saturated rings. The van der Waals surface area contributed by atoms with E-state index in [1.165, 1.54) is 6.08 Å². The first kappa shape index (κ1) is 19.3. The smallest absolute Gasteiger partial charge is 0.262 e. The number of terminal acetylenes is 1. The first-order chi connectivity index (χ1) is 12.5. The van der Waals surface area contributed by atoms with Crippen LogP contribution in [0.25, 0.3) is 6.08 Å². The molecular formula is C21H17BrN2O2. The summed E-state index contributed by atoms with van der Waals surface area (Å²) < 4.78 is 6.06. The van der Waals surface area contributed by atoms with Crippen molar-refractivity contribution in [3.05, 3.63) is 69.7 Å². The summed E-state index contributed by atoms with van der Waals surface area (Å²) in [5, 5.41) is 12.2. The molecule has 2 aromatic carbocycles. The van der Waals surface area contributed by atoms with Crippen molar-refractivity contribution in [2.45, 2.75) is 13.0 Å². The molecule has 0 bridgehead atoms. The molecule has 1 atom stereocenters. The third kappa shape index (κ3) is 5.24. The van der Waals surface area contributed by atoms with E-state index in [4.69, 9.17) is 11.2 Å². The number of nitriles is 1. The van der Waals surface area contributed by atoms with Crippen molar-refractivity contribution in [2.75, 3.05) is 6.61 Å². The van der Waals surface area contributed by atoms with Gasteiger partial charge in [-0.25, -0.2) is 0 Å². The number of nitrogens with one attached hydrogen (secondary N) is 1. The van der Waals surface area contributed by atoms with Gasteiger partial charge in [0.2, 0.25) is 0 Å². The molecule has 0 saturated carbocycles. The van der Waals surface area contributed by atoms with E-state index in [1.54, 1.807) is 18.2 Å². The number of halogens is 1. The summed E-state index contributed by atoms with van der Waals surface area (Å²) in [4.78, 5) is 12.4. The third-order valence-electron chi connectivity index (χ3n) is 3.59. The Balaban J connectivity index is 2.14. The molecule has 1 amide bonds. The van der Waals surface area contributed by atoms with Crippen molar-refractivity contribution < 1.29 is 9.53 Å². The fraction of sp³-hybridized carbons (Fsp3) is 0.143. The zero-order valence-electron chi connectivity index (χ0n) is 14.2. The lowest BCUT2D eigenvalue weighted by molar-refractivity contribution is -0.117. The molecule has 0 spiro atoms. The van der Waals surface area contributed by atoms with Crippen molar-refractivity contribution in [1.29, 1.82) is 5.26 Å². The van der Waals surface area contributed by atoms with E-state index < -0.39 is 5.91 Å². The average molecular weight is 409 g/mol. The molecule has 0 aliphatic carbocycles. The molecular weight excluding hydrogens is 392 g/mol. The van der Waals surface area contributed by atoms with Crippen LogP contribution in [0.5, 0.6) is 5.75 Å². The van der Waals surface area contributed by atoms with Crippen molar-refractivity contribution in [1.82, 2.24) is 5.32 Å². The maximum Gasteiger partial charge on any atom is 0.262 e. The predicted octanol–water partition coefficient (Wildman–Crippen LogP) is 4.25. The number of benzene rings is 2. The van der Waals surface area contributed by atoms with Gasteiger partial charge in [-0.3, -0.25) is 4.79 Å². The van der Waals surface area contributed by atoms with Gasteiger partial charge in [-0.1, -0.05) is 42.3 Å². The van der Waals surface area contributed by atoms with Gasteiger partial charge in [0.25, 0.3) is 5.91 Å². The van der Waals surface area contributed by atoms with Gasteiger partial charge in [0, 0.05) is 0 Å². The number of rotatable bonds is 6. The van der Waals surface area contributed by atoms with E-state index in [0.717, 1.165) is 5.56 Å². The summed E-state index contributed by atoms with van der Waals surface area (Å²) in [6, 6.07) is 16.6. The molecule has 5 heteroatoms. The van der Waals surface area contributed by atoms with Crippen LogP contribution in [0.15, 0.2) is 58.6 Å². The number of ether oxygens (including phenoxy) is 1. The van der Waals surface area contributed by atoms with E-state index in [0.29, 0.717) is 15.8 Å². The van der Waals surface area contributed by atoms with Crippen LogP contribution < -0.4 is 10.1 Å². The minimum Gasteiger partial charge on any atom is -0.480 e. The quantitative estimate of drug-likeness (QED) is 0.441. The van der Waals surface area contributed by atoms with Crippen LogP contribution >= 0.6 is 15.9 Å². The van der Waals surface area contributed by atoms with Crippen molar-refractivity contribution in [2.24, 2.45) is 0 Å². The zero-order chi connectivity index (χ0) is 18.9. The first-order valence-electron chi connectivity index (χ1n) is 7.88. The van der Waals surface area contributed by atoms with Crippen LogP contribution in [-0.4, -0.2) is 12.5 Å². The van der Waals surface area contributed by atoms with Gasteiger partial charge < -0.3 is 10.1 Å². The SMILES string of the molecule is C#CCOc1ccc(/C=C(/C#N)C(=O)N[C@H](C)c2ccccc2)cc1Br. The largest absolute Gasteiger partial charge is 0.480 e. The predicted molar refractivity (Wildman–Crippen MR) is 105 cm³/mol. The number of carbonyl (C=O) groups is 1. The van der Waals surface area contributed by atoms with Gasteiger partial charge in [-0.05, 0) is 52.2 Å². The Labute approximate surface area is 161 Å². The zero-order valence-corrected chi connectivity index (χ0v) is 15.8. The third-order valence-corrected chi connectivity index (χ3v) is 4.21. The molecule has 0 heterocycles. The molecule has 2 rings (SSSR count). The molecule has 0 aliphatic rings. The van der Waals surface area contributed by atoms with E-state index in [1.807, 2.05) is 43.3 Å². The molecule has 26 heavy (non-hydrogen) atoms. The number of carbonyl (C=O) groups excluding carboxylic acids is 1. The summed E-state index contributed by atoms with van der Waals surface area (Å²) in [6.07, 6.45) is 6.71. The van der Waals surface area contributed by atoms with Gasteiger partial charge in [0.1, 0.15) is 24.0 Å². The van der Waals surface area contributed by atoms with E-state index in [-0.39, 0.29) is 18.2 Å². The molecule has 130 valence electrons. The second-order valence-corrected chi connectivity index (χ2v) is 6.31. The first-order valence-corrected chi connectivity index (χ1v) is 8.68. The Morgan fingerprint density at radius 3 is 2.69 bits per heavy atom. The molecule has 0 unspecified atom stereocenters. The molecule has 0 aromatic heterocycles. The Morgan fingerprint density at radius 2 is 2.08 bits per heavy atom. The van der Waals surface area contributed by atoms with Gasteiger partial charge in [-0.15, -0.1) is 6.42 Å². The summed E-state index contributed by atoms with van der Waals surface area (Å²) in [5.41, 5.74) is 1.69. The van der Waals surface area contributed by atoms with E-state index in [2.05, 4.69) is 27.2 Å². The molecule has 1 N–H and O–H groups in total. The van der Waals surface area contributed by atoms with Crippen molar-refractivity contribution in [3.8, 4) is 24.2 Å². The monoisotopic (exact) mass is 408 g/mol. The minimum atomic E-state index is -0.423. The van der Waals surface area contributed by atoms with Gasteiger partial charge >= 0.3 is 0 Å². The van der Waals surface area contributed by atoms with Gasteiger partial charge in [0.05, 0.1) is 10.5 Å². The molecule has 2 aromatic rings. The molecule has 0 aliphatic heterocycles. The van der Waals surface area contributed by atoms with Crippen LogP contribution in [0, 0.1) is 23.7 Å². The number of amides is 1. The van der Waals surface area contributed by atoms with Crippen LogP contribution in [0.1, 0.15) is 24.1 Å². The highest BCUT2D eigenvalue weighted by Crippen LogP contribution is 2.27. The summed E-state index contributed by atoms with van der Waals surface area (Å²) in [6.45, 7) is 2.04. The van der Waals surface area contributed by atoms with E-state index >= 15 is 0 Å². The molecule has 4 nitrogen and oxygen atoms in total. The van der Waals surface area contributed by atoms with Crippen molar-refractivity contribution in [3.63, 3.8) is 0 Å². The molecule has 0 saturated heterocycles. The van der Waals surface area contributed by atoms with Crippen molar-refractivity contribution >= 4 is 27.9 Å². The highest BCUT2D eigenvalue weighted by atomic mass is 79.9. The topological polar surface area (TPSA) is 62.1 Å². The normalized spacial score (nSPS) is 11.8. The number of hydrogen-bond acceptors (Lipinski definition) is 3. The highest BCUT2D eigenvalue weighted by molar-refractivity contribution is 9.10. The summed E-state index contributed by atoms with van der Waals surface area (Å²) in [5.74, 6) is 2.57. The summed E-state index contributed by atoms with van der Waals surface area (Å²) in [7, 11) is 0. The number of hydrogen-bond donors (Lipinski definition) is 1. The van der Waals surface area contributed by atoms with Crippen LogP contribution in [-0.2, 0) is 4.79 Å². The fourth-order valence-electron chi connectivity index (χ4n) is 2.26. The Morgan fingerprint density at radius 1 is 1.35 bits per heavy atom. The maximum absolute atomic E-state index is 12.4. The van der Waals surface area contributed by atoms with Crippen LogP contribution in [0.4, 0.5) is 0 Å². The Bertz CT molecular complexity index is 892. The van der Waals surface area contributed by atoms with Crippen LogP contribution in [0.3, 0.4) is 0 Å². The van der Waals surface area contributed by atoms with Gasteiger partial charge in [-0.2, -0.15) is 5.26 Å². The Hall–Kier alpha value is -3.02. The highest BCUT2D eigenvalue weighted by Gasteiger charge is 2.14. The minimum absolute atomic E-state index is 0.0250. The Kier molecular flexibility index (Phi) is 7.02. The fourth-order valence-corrected chi connectivity index (χ4v) is 2.77. The summed E-state index contributed by atoms with van der Waals surface area (Å²) >= 11 is 3.39. The lowest BCUT2D eigenvalue weighted by Gasteiger charge is -2.13. The lowest BCUT2D eigenvalue weighted by atomic mass is 10.1. The average Bonchev–Trinajstić information content (AvgIpc) is 2.66. The lowest BCUT2D eigenvalue weighted by Crippen LogP contribution is -2.27. The van der Waals surface area contributed by atoms with Gasteiger partial charge in [0.15, 0.2) is 0 Å². The maximum atomic E-state index is 12.4. The second-order valence-electron chi connectivity index (χ2n) is 5.46. The number of nitrogens with zero attached hydrogens (tertiary/aromatic N) is 1. The molecule has 0 radical (unpaired) electrons. The standard InChI is InChI=1S/C21H17BrN2O2/c1-3-11-26-20-10-9-16(13-19(20)22)12-18(14-23)21(25)24-15(2)17-7-5-4-6-8-17/h1,4-10,12-13,15H,11H2,2H3,(H,24,25)/b18-12-/t15-/m1/s1.